The molecule has 0 bridgehead atoms. The zero-order valence-electron chi connectivity index (χ0n) is 18.9. The average Bonchev–Trinajstić information content (AvgIpc) is 3.06. The Morgan fingerprint density at radius 1 is 1.30 bits per heavy atom. The highest BCUT2D eigenvalue weighted by Gasteiger charge is 2.44. The second kappa shape index (κ2) is 12.1. The van der Waals surface area contributed by atoms with Crippen molar-refractivity contribution in [3.05, 3.63) is 12.7 Å². The lowest BCUT2D eigenvalue weighted by Crippen LogP contribution is -2.48. The molecule has 4 atom stereocenters. The van der Waals surface area contributed by atoms with Crippen molar-refractivity contribution >= 4 is 17.8 Å². The molecule has 30 heavy (non-hydrogen) atoms. The van der Waals surface area contributed by atoms with Crippen LogP contribution < -0.4 is 0 Å². The molecular formula is C22H37NO7. The summed E-state index contributed by atoms with van der Waals surface area (Å²) in [5.41, 5.74) is -0.685. The summed E-state index contributed by atoms with van der Waals surface area (Å²) in [4.78, 5) is 39.4. The second-order valence-corrected chi connectivity index (χ2v) is 8.56. The highest BCUT2D eigenvalue weighted by atomic mass is 16.6. The van der Waals surface area contributed by atoms with Crippen LogP contribution in [0.25, 0.3) is 0 Å². The summed E-state index contributed by atoms with van der Waals surface area (Å²) in [5.74, 6) is -2.34. The van der Waals surface area contributed by atoms with Gasteiger partial charge in [0.05, 0.1) is 31.7 Å². The summed E-state index contributed by atoms with van der Waals surface area (Å²) in [6, 6.07) is -0.878. The largest absolute Gasteiger partial charge is 0.467 e. The Hall–Kier alpha value is -1.93. The van der Waals surface area contributed by atoms with Crippen LogP contribution in [-0.4, -0.2) is 72.0 Å². The van der Waals surface area contributed by atoms with E-state index in [-0.39, 0.29) is 19.4 Å². The molecule has 1 fully saturated rings. The number of rotatable bonds is 11. The summed E-state index contributed by atoms with van der Waals surface area (Å²) in [6.45, 7) is 11.3. The zero-order chi connectivity index (χ0) is 22.9. The van der Waals surface area contributed by atoms with Gasteiger partial charge in [0.15, 0.2) is 0 Å². The standard InChI is InChI=1S/C22H37NO7/c1-7-9-10-11-29-18(8-2)16(13-19(25)30-22(3,4)5)20(26)23-14-15(24)12-17(23)21(27)28-6/h7,15-18,24H,1,8-14H2,2-6H3/t15-,16+,17+,18+/m1/s1. The van der Waals surface area contributed by atoms with Crippen LogP contribution in [0, 0.1) is 5.92 Å². The third-order valence-electron chi connectivity index (χ3n) is 4.89. The molecule has 1 heterocycles. The second-order valence-electron chi connectivity index (χ2n) is 8.56. The van der Waals surface area contributed by atoms with Crippen LogP contribution in [0.3, 0.4) is 0 Å². The number of carbonyl (C=O) groups is 3. The van der Waals surface area contributed by atoms with Gasteiger partial charge in [-0.05, 0) is 40.0 Å². The normalized spacial score (nSPS) is 21.1. The highest BCUT2D eigenvalue weighted by molar-refractivity contribution is 5.89. The van der Waals surface area contributed by atoms with Crippen LogP contribution in [0.4, 0.5) is 0 Å². The Morgan fingerprint density at radius 2 is 1.97 bits per heavy atom. The summed E-state index contributed by atoms with van der Waals surface area (Å²) >= 11 is 0. The van der Waals surface area contributed by atoms with Gasteiger partial charge >= 0.3 is 11.9 Å². The van der Waals surface area contributed by atoms with Gasteiger partial charge in [-0.3, -0.25) is 9.59 Å². The molecule has 0 aromatic heterocycles. The predicted molar refractivity (Wildman–Crippen MR) is 112 cm³/mol. The van der Waals surface area contributed by atoms with Gasteiger partial charge < -0.3 is 24.2 Å². The quantitative estimate of drug-likeness (QED) is 0.306. The average molecular weight is 428 g/mol. The van der Waals surface area contributed by atoms with E-state index in [0.717, 1.165) is 12.8 Å². The molecule has 0 aliphatic carbocycles. The molecule has 0 radical (unpaired) electrons. The molecule has 1 amide bonds. The molecule has 1 N–H and O–H groups in total. The number of hydrogen-bond acceptors (Lipinski definition) is 7. The maximum atomic E-state index is 13.4. The summed E-state index contributed by atoms with van der Waals surface area (Å²) in [6.07, 6.45) is 2.42. The SMILES string of the molecule is C=CCCCO[C@@H](CC)[C@H](CC(=O)OC(C)(C)C)C(=O)N1C[C@H](O)C[C@H]1C(=O)OC. The summed E-state index contributed by atoms with van der Waals surface area (Å²) in [5, 5.41) is 10.0. The minimum absolute atomic E-state index is 0.0102. The molecule has 8 nitrogen and oxygen atoms in total. The van der Waals surface area contributed by atoms with Crippen molar-refractivity contribution in [2.45, 2.75) is 83.6 Å². The molecule has 0 spiro atoms. The number of aliphatic hydroxyl groups excluding tert-OH is 1. The molecule has 1 aliphatic heterocycles. The van der Waals surface area contributed by atoms with Crippen molar-refractivity contribution in [1.29, 1.82) is 0 Å². The number of amides is 1. The van der Waals surface area contributed by atoms with Gasteiger partial charge in [0.25, 0.3) is 0 Å². The molecule has 0 saturated carbocycles. The Bertz CT molecular complexity index is 599. The maximum Gasteiger partial charge on any atom is 0.328 e. The van der Waals surface area contributed by atoms with E-state index in [9.17, 15) is 19.5 Å². The first-order valence-corrected chi connectivity index (χ1v) is 10.5. The molecule has 172 valence electrons. The van der Waals surface area contributed by atoms with Crippen molar-refractivity contribution in [3.63, 3.8) is 0 Å². The third-order valence-corrected chi connectivity index (χ3v) is 4.89. The van der Waals surface area contributed by atoms with Gasteiger partial charge in [-0.1, -0.05) is 13.0 Å². The van der Waals surface area contributed by atoms with E-state index >= 15 is 0 Å². The number of likely N-dealkylation sites (tertiary alicyclic amines) is 1. The number of carbonyl (C=O) groups excluding carboxylic acids is 3. The van der Waals surface area contributed by atoms with E-state index in [1.165, 1.54) is 12.0 Å². The monoisotopic (exact) mass is 427 g/mol. The lowest BCUT2D eigenvalue weighted by molar-refractivity contribution is -0.163. The fraction of sp³-hybridized carbons (Fsp3) is 0.773. The maximum absolute atomic E-state index is 13.4. The van der Waals surface area contributed by atoms with Crippen molar-refractivity contribution in [2.24, 2.45) is 5.92 Å². The number of ether oxygens (including phenoxy) is 3. The van der Waals surface area contributed by atoms with Crippen LogP contribution >= 0.6 is 0 Å². The lowest BCUT2D eigenvalue weighted by atomic mass is 9.94. The fourth-order valence-electron chi connectivity index (χ4n) is 3.55. The number of esters is 2. The number of unbranched alkanes of at least 4 members (excludes halogenated alkanes) is 1. The zero-order valence-corrected chi connectivity index (χ0v) is 18.9. The molecule has 0 aromatic rings. The van der Waals surface area contributed by atoms with E-state index in [1.54, 1.807) is 26.8 Å². The minimum Gasteiger partial charge on any atom is -0.467 e. The Balaban J connectivity index is 3.06. The number of β-amino-alcohol motifs (C(OH)–C–C–N with tert-alkyl or cyclic N) is 1. The van der Waals surface area contributed by atoms with Crippen molar-refractivity contribution in [3.8, 4) is 0 Å². The van der Waals surface area contributed by atoms with Gasteiger partial charge in [0, 0.05) is 19.6 Å². The number of aliphatic hydroxyl groups is 1. The molecule has 0 aromatic carbocycles. The van der Waals surface area contributed by atoms with E-state index in [1.807, 2.05) is 6.92 Å². The van der Waals surface area contributed by atoms with Crippen LogP contribution in [0.2, 0.25) is 0 Å². The van der Waals surface area contributed by atoms with E-state index in [2.05, 4.69) is 6.58 Å². The molecule has 1 aliphatic rings. The first-order valence-electron chi connectivity index (χ1n) is 10.5. The summed E-state index contributed by atoms with van der Waals surface area (Å²) in [7, 11) is 1.24. The van der Waals surface area contributed by atoms with Crippen LogP contribution in [0.1, 0.15) is 59.8 Å². The van der Waals surface area contributed by atoms with Gasteiger partial charge in [0.1, 0.15) is 11.6 Å². The van der Waals surface area contributed by atoms with E-state index in [4.69, 9.17) is 14.2 Å². The van der Waals surface area contributed by atoms with Crippen molar-refractivity contribution in [1.82, 2.24) is 4.90 Å². The number of hydrogen-bond donors (Lipinski definition) is 1. The first kappa shape index (κ1) is 26.1. The smallest absolute Gasteiger partial charge is 0.328 e. The number of nitrogens with zero attached hydrogens (tertiary/aromatic N) is 1. The Morgan fingerprint density at radius 3 is 2.50 bits per heavy atom. The van der Waals surface area contributed by atoms with Gasteiger partial charge in [0.2, 0.25) is 5.91 Å². The van der Waals surface area contributed by atoms with Crippen LogP contribution in [-0.2, 0) is 28.6 Å². The molecule has 0 unspecified atom stereocenters. The topological polar surface area (TPSA) is 102 Å². The highest BCUT2D eigenvalue weighted by Crippen LogP contribution is 2.27. The molecule has 1 saturated heterocycles. The molecular weight excluding hydrogens is 390 g/mol. The molecule has 8 heteroatoms. The van der Waals surface area contributed by atoms with Crippen LogP contribution in [0.15, 0.2) is 12.7 Å². The Kier molecular flexibility index (Phi) is 10.5. The Labute approximate surface area is 179 Å². The van der Waals surface area contributed by atoms with E-state index < -0.39 is 47.6 Å². The molecule has 1 rings (SSSR count). The van der Waals surface area contributed by atoms with E-state index in [0.29, 0.717) is 13.0 Å². The van der Waals surface area contributed by atoms with Crippen molar-refractivity contribution < 1.29 is 33.7 Å². The van der Waals surface area contributed by atoms with Gasteiger partial charge in [-0.2, -0.15) is 0 Å². The van der Waals surface area contributed by atoms with Crippen molar-refractivity contribution in [2.75, 3.05) is 20.3 Å². The number of allylic oxidation sites excluding steroid dienone is 1. The first-order chi connectivity index (χ1) is 14.0. The fourth-order valence-corrected chi connectivity index (χ4v) is 3.55. The lowest BCUT2D eigenvalue weighted by Gasteiger charge is -2.32. The predicted octanol–water partition coefficient (Wildman–Crippen LogP) is 2.23. The third kappa shape index (κ3) is 8.07. The minimum atomic E-state index is -0.878. The van der Waals surface area contributed by atoms with Gasteiger partial charge in [-0.15, -0.1) is 6.58 Å². The van der Waals surface area contributed by atoms with Crippen LogP contribution in [0.5, 0.6) is 0 Å². The van der Waals surface area contributed by atoms with Gasteiger partial charge in [-0.25, -0.2) is 4.79 Å². The summed E-state index contributed by atoms with van der Waals surface area (Å²) < 4.78 is 16.1. The number of methoxy groups -OCH3 is 1.